The molecule has 1 unspecified atom stereocenters. The summed E-state index contributed by atoms with van der Waals surface area (Å²) in [5.74, 6) is 1.41. The fraction of sp³-hybridized carbons (Fsp3) is 0.600. The first-order valence-electron chi connectivity index (χ1n) is 4.28. The van der Waals surface area contributed by atoms with E-state index in [0.29, 0.717) is 5.92 Å². The van der Waals surface area contributed by atoms with E-state index in [2.05, 4.69) is 49.7 Å². The average molecular weight is 247 g/mol. The van der Waals surface area contributed by atoms with E-state index in [1.807, 2.05) is 11.3 Å². The van der Waals surface area contributed by atoms with Crippen molar-refractivity contribution in [2.75, 3.05) is 0 Å². The van der Waals surface area contributed by atoms with Crippen molar-refractivity contribution < 1.29 is 0 Å². The third-order valence-corrected chi connectivity index (χ3v) is 4.66. The van der Waals surface area contributed by atoms with Gasteiger partial charge in [-0.15, -0.1) is 11.3 Å². The molecule has 0 saturated heterocycles. The molecule has 0 bridgehead atoms. The predicted molar refractivity (Wildman–Crippen MR) is 60.0 cm³/mol. The molecule has 0 N–H and O–H groups in total. The molecule has 0 aliphatic heterocycles. The third kappa shape index (κ3) is 2.11. The van der Waals surface area contributed by atoms with Gasteiger partial charge in [0.2, 0.25) is 0 Å². The maximum Gasteiger partial charge on any atom is 0.0314 e. The Labute approximate surface area is 87.1 Å². The van der Waals surface area contributed by atoms with E-state index in [1.54, 1.807) is 0 Å². The number of rotatable bonds is 2. The second-order valence-corrected chi connectivity index (χ2v) is 5.73. The van der Waals surface area contributed by atoms with Crippen LogP contribution >= 0.6 is 27.3 Å². The molecule has 0 aliphatic rings. The second kappa shape index (κ2) is 3.93. The van der Waals surface area contributed by atoms with Crippen molar-refractivity contribution in [2.24, 2.45) is 5.92 Å². The minimum Gasteiger partial charge on any atom is -0.144 e. The van der Waals surface area contributed by atoms with Gasteiger partial charge < -0.3 is 0 Å². The molecule has 1 atom stereocenters. The van der Waals surface area contributed by atoms with Crippen LogP contribution in [0.1, 0.15) is 36.4 Å². The van der Waals surface area contributed by atoms with Crippen LogP contribution in [0.4, 0.5) is 0 Å². The van der Waals surface area contributed by atoms with Crippen molar-refractivity contribution in [1.29, 1.82) is 0 Å². The van der Waals surface area contributed by atoms with Gasteiger partial charge in [-0.1, -0.05) is 20.8 Å². The van der Waals surface area contributed by atoms with Gasteiger partial charge in [-0.3, -0.25) is 0 Å². The summed E-state index contributed by atoms with van der Waals surface area (Å²) in [5.41, 5.74) is 0. The van der Waals surface area contributed by atoms with Crippen molar-refractivity contribution in [3.63, 3.8) is 0 Å². The highest BCUT2D eigenvalue weighted by molar-refractivity contribution is 9.10. The first-order chi connectivity index (χ1) is 5.52. The van der Waals surface area contributed by atoms with E-state index < -0.39 is 0 Å². The smallest absolute Gasteiger partial charge is 0.0314 e. The van der Waals surface area contributed by atoms with Crippen molar-refractivity contribution in [2.45, 2.75) is 33.6 Å². The van der Waals surface area contributed by atoms with Crippen LogP contribution in [0.25, 0.3) is 0 Å². The summed E-state index contributed by atoms with van der Waals surface area (Å²) >= 11 is 5.45. The Kier molecular flexibility index (Phi) is 3.36. The lowest BCUT2D eigenvalue weighted by Crippen LogP contribution is -1.98. The Morgan fingerprint density at radius 3 is 2.25 bits per heavy atom. The SMILES string of the molecule is Cc1sc(C(C)C(C)C)cc1Br. The first kappa shape index (κ1) is 10.3. The zero-order chi connectivity index (χ0) is 9.30. The van der Waals surface area contributed by atoms with Crippen LogP contribution in [-0.2, 0) is 0 Å². The molecule has 0 aliphatic carbocycles. The van der Waals surface area contributed by atoms with Gasteiger partial charge in [0.1, 0.15) is 0 Å². The number of aryl methyl sites for hydroxylation is 1. The fourth-order valence-electron chi connectivity index (χ4n) is 1.03. The van der Waals surface area contributed by atoms with Crippen LogP contribution in [0.3, 0.4) is 0 Å². The largest absolute Gasteiger partial charge is 0.144 e. The second-order valence-electron chi connectivity index (χ2n) is 3.59. The van der Waals surface area contributed by atoms with Crippen LogP contribution in [0.15, 0.2) is 10.5 Å². The Balaban J connectivity index is 2.89. The van der Waals surface area contributed by atoms with Gasteiger partial charge in [-0.2, -0.15) is 0 Å². The lowest BCUT2D eigenvalue weighted by molar-refractivity contribution is 0.542. The molecule has 0 radical (unpaired) electrons. The van der Waals surface area contributed by atoms with Crippen molar-refractivity contribution in [3.8, 4) is 0 Å². The highest BCUT2D eigenvalue weighted by Crippen LogP contribution is 2.34. The lowest BCUT2D eigenvalue weighted by atomic mass is 9.97. The van der Waals surface area contributed by atoms with E-state index >= 15 is 0 Å². The van der Waals surface area contributed by atoms with Crippen molar-refractivity contribution in [1.82, 2.24) is 0 Å². The first-order valence-corrected chi connectivity index (χ1v) is 5.89. The average Bonchev–Trinajstić information content (AvgIpc) is 2.30. The van der Waals surface area contributed by atoms with Crippen LogP contribution < -0.4 is 0 Å². The molecule has 1 heterocycles. The monoisotopic (exact) mass is 246 g/mol. The van der Waals surface area contributed by atoms with Crippen LogP contribution in [0.5, 0.6) is 0 Å². The zero-order valence-electron chi connectivity index (χ0n) is 8.02. The standard InChI is InChI=1S/C10H15BrS/c1-6(2)7(3)10-5-9(11)8(4)12-10/h5-7H,1-4H3. The highest BCUT2D eigenvalue weighted by atomic mass is 79.9. The molecule has 0 fully saturated rings. The van der Waals surface area contributed by atoms with E-state index in [1.165, 1.54) is 14.2 Å². The minimum absolute atomic E-state index is 0.681. The summed E-state index contributed by atoms with van der Waals surface area (Å²) < 4.78 is 1.26. The Morgan fingerprint density at radius 1 is 1.33 bits per heavy atom. The maximum absolute atomic E-state index is 3.54. The molecule has 2 heteroatoms. The van der Waals surface area contributed by atoms with E-state index in [0.717, 1.165) is 5.92 Å². The molecule has 0 spiro atoms. The van der Waals surface area contributed by atoms with Crippen molar-refractivity contribution >= 4 is 27.3 Å². The van der Waals surface area contributed by atoms with Crippen LogP contribution in [0, 0.1) is 12.8 Å². The summed E-state index contributed by atoms with van der Waals surface area (Å²) in [6.07, 6.45) is 0. The van der Waals surface area contributed by atoms with Gasteiger partial charge in [0.15, 0.2) is 0 Å². The number of thiophene rings is 1. The van der Waals surface area contributed by atoms with Gasteiger partial charge in [0, 0.05) is 14.2 Å². The van der Waals surface area contributed by atoms with Crippen molar-refractivity contribution in [3.05, 3.63) is 20.3 Å². The van der Waals surface area contributed by atoms with E-state index in [9.17, 15) is 0 Å². The lowest BCUT2D eigenvalue weighted by Gasteiger charge is -2.12. The minimum atomic E-state index is 0.681. The number of hydrogen-bond acceptors (Lipinski definition) is 1. The molecule has 1 aromatic heterocycles. The Bertz CT molecular complexity index is 243. The molecule has 1 rings (SSSR count). The summed E-state index contributed by atoms with van der Waals surface area (Å²) in [5, 5.41) is 0. The molecule has 1 aromatic rings. The summed E-state index contributed by atoms with van der Waals surface area (Å²) in [4.78, 5) is 2.88. The molecule has 0 amide bonds. The van der Waals surface area contributed by atoms with Crippen LogP contribution in [-0.4, -0.2) is 0 Å². The van der Waals surface area contributed by atoms with E-state index in [-0.39, 0.29) is 0 Å². The molecule has 0 saturated carbocycles. The summed E-state index contributed by atoms with van der Waals surface area (Å²) in [6, 6.07) is 2.25. The fourth-order valence-corrected chi connectivity index (χ4v) is 2.82. The topological polar surface area (TPSA) is 0 Å². The van der Waals surface area contributed by atoms with Gasteiger partial charge in [0.25, 0.3) is 0 Å². The van der Waals surface area contributed by atoms with Gasteiger partial charge in [0.05, 0.1) is 0 Å². The molecule has 12 heavy (non-hydrogen) atoms. The predicted octanol–water partition coefficient (Wildman–Crippen LogP) is 4.58. The molecule has 0 nitrogen and oxygen atoms in total. The quantitative estimate of drug-likeness (QED) is 0.717. The van der Waals surface area contributed by atoms with Gasteiger partial charge >= 0.3 is 0 Å². The highest BCUT2D eigenvalue weighted by Gasteiger charge is 2.13. The molecular formula is C10H15BrS. The summed E-state index contributed by atoms with van der Waals surface area (Å²) in [7, 11) is 0. The Hall–Kier alpha value is 0.180. The molecular weight excluding hydrogens is 232 g/mol. The summed E-state index contributed by atoms with van der Waals surface area (Å²) in [6.45, 7) is 8.99. The normalized spacial score (nSPS) is 13.8. The number of halogens is 1. The van der Waals surface area contributed by atoms with Gasteiger partial charge in [-0.05, 0) is 40.8 Å². The Morgan fingerprint density at radius 2 is 1.92 bits per heavy atom. The maximum atomic E-state index is 3.54. The van der Waals surface area contributed by atoms with E-state index in [4.69, 9.17) is 0 Å². The number of hydrogen-bond donors (Lipinski definition) is 0. The molecule has 68 valence electrons. The van der Waals surface area contributed by atoms with Gasteiger partial charge in [-0.25, -0.2) is 0 Å². The zero-order valence-corrected chi connectivity index (χ0v) is 10.4. The third-order valence-electron chi connectivity index (χ3n) is 2.33. The van der Waals surface area contributed by atoms with Crippen LogP contribution in [0.2, 0.25) is 0 Å². The molecule has 0 aromatic carbocycles.